The molecule has 0 aromatic heterocycles. The summed E-state index contributed by atoms with van der Waals surface area (Å²) in [5.74, 6) is -16.2. The van der Waals surface area contributed by atoms with Gasteiger partial charge >= 0.3 is 17.9 Å². The Morgan fingerprint density at radius 2 is 1.01 bits per heavy atom. The van der Waals surface area contributed by atoms with E-state index >= 15 is 0 Å². The van der Waals surface area contributed by atoms with Crippen molar-refractivity contribution in [1.29, 1.82) is 0 Å². The highest BCUT2D eigenvalue weighted by Crippen LogP contribution is 2.15. The number of phenolic OH excluding ortho intramolecular Hbond substituents is 1. The van der Waals surface area contributed by atoms with Crippen LogP contribution in [0.25, 0.3) is 0 Å². The number of thiol groups is 1. The molecule has 0 unspecified atom stereocenters. The number of aliphatic carboxylic acids is 3. The number of aliphatic imine (C=N–C) groups is 1. The summed E-state index contributed by atoms with van der Waals surface area (Å²) in [6.45, 7) is 7.88. The maximum atomic E-state index is 14.4. The quantitative estimate of drug-likeness (QED) is 0.0132. The summed E-state index contributed by atoms with van der Waals surface area (Å²) in [4.78, 5) is 175. The molecule has 87 heavy (non-hydrogen) atoms. The van der Waals surface area contributed by atoms with Crippen molar-refractivity contribution in [2.75, 3.05) is 12.3 Å². The summed E-state index contributed by atoms with van der Waals surface area (Å²) in [7, 11) is 0. The molecule has 0 spiro atoms. The van der Waals surface area contributed by atoms with Crippen LogP contribution in [-0.4, -0.2) is 176 Å². The lowest BCUT2D eigenvalue weighted by atomic mass is 9.97. The predicted molar refractivity (Wildman–Crippen MR) is 316 cm³/mol. The lowest BCUT2D eigenvalue weighted by Gasteiger charge is -2.29. The molecule has 10 amide bonds. The summed E-state index contributed by atoms with van der Waals surface area (Å²) in [6.07, 6.45) is -3.05. The molecule has 32 heteroatoms. The smallest absolute Gasteiger partial charge is 0.326 e. The molecular weight excluding hydrogens is 1160 g/mol. The first-order chi connectivity index (χ1) is 40.8. The van der Waals surface area contributed by atoms with Crippen LogP contribution in [0.4, 0.5) is 0 Å². The van der Waals surface area contributed by atoms with E-state index in [2.05, 4.69) is 65.5 Å². The van der Waals surface area contributed by atoms with Crippen LogP contribution in [0, 0.1) is 11.8 Å². The van der Waals surface area contributed by atoms with Crippen molar-refractivity contribution >= 4 is 95.6 Å². The maximum absolute atomic E-state index is 14.4. The van der Waals surface area contributed by atoms with Crippen molar-refractivity contribution in [2.24, 2.45) is 39.8 Å². The number of hydrogen-bond acceptors (Lipinski definition) is 17. The Kier molecular flexibility index (Phi) is 31.8. The highest BCUT2D eigenvalue weighted by atomic mass is 32.1. The number of aromatic hydroxyl groups is 1. The monoisotopic (exact) mass is 1240 g/mol. The lowest BCUT2D eigenvalue weighted by molar-refractivity contribution is -0.143. The highest BCUT2D eigenvalue weighted by Gasteiger charge is 2.37. The number of carbonyl (C=O) groups excluding carboxylic acids is 10. The van der Waals surface area contributed by atoms with Gasteiger partial charge in [-0.1, -0.05) is 76.6 Å². The third-order valence-corrected chi connectivity index (χ3v) is 13.6. The molecule has 480 valence electrons. The fourth-order valence-electron chi connectivity index (χ4n) is 8.29. The molecule has 2 rings (SSSR count). The standard InChI is InChI=1S/C55H82N14O17S/c1-6-28(4)44(53(84)68-40(26-87)52(83)66-37(22-30-11-8-7-9-12-30)49(80)63-35(54(85)86)13-10-20-60-55(58)59)69-51(82)39(25-43(74)75)67-50(81)38(23-31-14-16-32(70)17-15-31)65-48(79)36(21-27(2)3)64-45(76)29(5)61-47(78)34(18-19-42(72)73)62-46(77)33(56)24-41(57)71/h7-9,11-12,14-17,27-29,33-40,44,70,87H,6,10,13,18-26,56H2,1-5H3,(H2,57,71)(H,61,78)(H,62,77)(H,63,80)(H,64,76)(H,65,79)(H,66,83)(H,67,81)(H,68,84)(H,69,82)(H,72,73)(H,74,75)(H,85,86)(H4,58,59,60)/t28-,29-,33-,34-,35-,36-,37-,38-,39-,40-,44-/m0/s1. The number of guanidine groups is 1. The molecule has 11 atom stereocenters. The topological polar surface area (TPSA) is 528 Å². The number of hydrogen-bond donors (Lipinski definition) is 18. The second-order valence-electron chi connectivity index (χ2n) is 21.0. The van der Waals surface area contributed by atoms with E-state index in [0.29, 0.717) is 11.1 Å². The molecule has 0 saturated carbocycles. The van der Waals surface area contributed by atoms with Crippen LogP contribution < -0.4 is 70.8 Å². The number of benzene rings is 2. The number of carboxylic acid groups (broad SMARTS) is 3. The number of nitrogens with two attached hydrogens (primary N) is 4. The van der Waals surface area contributed by atoms with Gasteiger partial charge < -0.3 is 91.2 Å². The van der Waals surface area contributed by atoms with Gasteiger partial charge in [0.2, 0.25) is 59.1 Å². The third-order valence-electron chi connectivity index (χ3n) is 13.2. The van der Waals surface area contributed by atoms with Crippen LogP contribution in [0.2, 0.25) is 0 Å². The Morgan fingerprint density at radius 3 is 1.52 bits per heavy atom. The zero-order valence-corrected chi connectivity index (χ0v) is 49.8. The van der Waals surface area contributed by atoms with Crippen LogP contribution >= 0.6 is 12.6 Å². The van der Waals surface area contributed by atoms with Gasteiger partial charge in [-0.3, -0.25) is 62.5 Å². The molecule has 31 nitrogen and oxygen atoms in total. The Morgan fingerprint density at radius 1 is 0.529 bits per heavy atom. The van der Waals surface area contributed by atoms with Gasteiger partial charge in [-0.15, -0.1) is 0 Å². The van der Waals surface area contributed by atoms with Crippen LogP contribution in [0.3, 0.4) is 0 Å². The Balaban J connectivity index is 2.44. The number of carboxylic acids is 3. The number of primary amides is 1. The number of phenols is 1. The van der Waals surface area contributed by atoms with E-state index in [0.717, 1.165) is 0 Å². The van der Waals surface area contributed by atoms with Gasteiger partial charge in [-0.05, 0) is 67.7 Å². The van der Waals surface area contributed by atoms with Crippen molar-refractivity contribution in [3.63, 3.8) is 0 Å². The van der Waals surface area contributed by atoms with Gasteiger partial charge in [0.25, 0.3) is 0 Å². The van der Waals surface area contributed by atoms with E-state index in [-0.39, 0.29) is 68.4 Å². The Hall–Kier alpha value is -9.07. The van der Waals surface area contributed by atoms with E-state index in [4.69, 9.17) is 22.9 Å². The molecule has 21 N–H and O–H groups in total. The minimum Gasteiger partial charge on any atom is -0.508 e. The summed E-state index contributed by atoms with van der Waals surface area (Å²) in [6, 6.07) is -1.68. The predicted octanol–water partition coefficient (Wildman–Crippen LogP) is -3.74. The van der Waals surface area contributed by atoms with Crippen molar-refractivity contribution in [1.82, 2.24) is 47.9 Å². The average molecular weight is 1240 g/mol. The zero-order chi connectivity index (χ0) is 65.7. The first-order valence-corrected chi connectivity index (χ1v) is 28.4. The number of amides is 10. The summed E-state index contributed by atoms with van der Waals surface area (Å²) >= 11 is 4.26. The van der Waals surface area contributed by atoms with E-state index in [1.807, 2.05) is 0 Å². The van der Waals surface area contributed by atoms with Crippen molar-refractivity contribution in [2.45, 2.75) is 159 Å². The van der Waals surface area contributed by atoms with Gasteiger partial charge in [0, 0.05) is 31.6 Å². The van der Waals surface area contributed by atoms with E-state index in [9.17, 15) is 82.8 Å². The van der Waals surface area contributed by atoms with E-state index in [1.54, 1.807) is 58.0 Å². The van der Waals surface area contributed by atoms with Gasteiger partial charge in [0.1, 0.15) is 60.1 Å². The molecule has 0 aliphatic heterocycles. The number of nitrogens with zero attached hydrogens (tertiary/aromatic N) is 1. The summed E-state index contributed by atoms with van der Waals surface area (Å²) in [5, 5.41) is 61.0. The fraction of sp³-hybridized carbons (Fsp3) is 0.527. The zero-order valence-electron chi connectivity index (χ0n) is 48.9. The number of rotatable bonds is 39. The SMILES string of the molecule is CC[C@H](C)[C@H](NC(=O)[C@H](CC(=O)O)NC(=O)[C@H](Cc1ccc(O)cc1)NC(=O)[C@H](CC(C)C)NC(=O)[C@H](C)NC(=O)[C@H](CCC(=O)O)NC(=O)[C@@H](N)CC(N)=O)C(=O)N[C@@H](CS)C(=O)N[C@@H](Cc1ccccc1)C(=O)N[C@@H](CCCN=C(N)N)C(=O)O. The molecule has 2 aromatic carbocycles. The molecule has 0 saturated heterocycles. The largest absolute Gasteiger partial charge is 0.508 e. The van der Waals surface area contributed by atoms with Crippen LogP contribution in [-0.2, 0) is 75.2 Å². The minimum absolute atomic E-state index is 0.0684. The summed E-state index contributed by atoms with van der Waals surface area (Å²) < 4.78 is 0. The van der Waals surface area contributed by atoms with Crippen LogP contribution in [0.15, 0.2) is 59.6 Å². The molecule has 0 radical (unpaired) electrons. The highest BCUT2D eigenvalue weighted by molar-refractivity contribution is 7.80. The van der Waals surface area contributed by atoms with Crippen molar-refractivity contribution in [3.05, 3.63) is 65.7 Å². The number of carbonyl (C=O) groups is 13. The van der Waals surface area contributed by atoms with Crippen molar-refractivity contribution in [3.8, 4) is 5.75 Å². The number of nitrogens with one attached hydrogen (secondary N) is 9. The molecule has 0 fully saturated rings. The van der Waals surface area contributed by atoms with Crippen molar-refractivity contribution < 1.29 is 82.8 Å². The Bertz CT molecular complexity index is 2750. The second-order valence-corrected chi connectivity index (χ2v) is 21.4. The van der Waals surface area contributed by atoms with Gasteiger partial charge in [-0.25, -0.2) is 4.79 Å². The lowest BCUT2D eigenvalue weighted by Crippen LogP contribution is -2.62. The Labute approximate surface area is 507 Å². The third kappa shape index (κ3) is 27.7. The van der Waals surface area contributed by atoms with E-state index in [1.165, 1.54) is 31.2 Å². The van der Waals surface area contributed by atoms with Crippen LogP contribution in [0.5, 0.6) is 5.75 Å². The molecule has 0 heterocycles. The van der Waals surface area contributed by atoms with Gasteiger partial charge in [0.15, 0.2) is 5.96 Å². The summed E-state index contributed by atoms with van der Waals surface area (Å²) in [5.41, 5.74) is 22.4. The molecule has 2 aromatic rings. The van der Waals surface area contributed by atoms with Gasteiger partial charge in [0.05, 0.1) is 18.9 Å². The van der Waals surface area contributed by atoms with E-state index < -0.39 is 169 Å². The first kappa shape index (κ1) is 74.0. The molecule has 0 aliphatic rings. The fourth-order valence-corrected chi connectivity index (χ4v) is 8.54. The maximum Gasteiger partial charge on any atom is 0.326 e. The second kappa shape index (κ2) is 37.4. The first-order valence-electron chi connectivity index (χ1n) is 27.8. The minimum atomic E-state index is -1.95. The molecule has 0 aliphatic carbocycles. The average Bonchev–Trinajstić information content (AvgIpc) is 3.66. The normalized spacial score (nSPS) is 14.8. The van der Waals surface area contributed by atoms with Crippen LogP contribution in [0.1, 0.15) is 97.1 Å². The molecule has 0 bridgehead atoms. The van der Waals surface area contributed by atoms with Gasteiger partial charge in [-0.2, -0.15) is 12.6 Å². The molecular formula is C55H82N14O17S.